The van der Waals surface area contributed by atoms with Crippen molar-refractivity contribution in [3.05, 3.63) is 70.8 Å². The van der Waals surface area contributed by atoms with Crippen molar-refractivity contribution in [1.29, 1.82) is 0 Å². The van der Waals surface area contributed by atoms with Crippen LogP contribution in [0.4, 0.5) is 0 Å². The van der Waals surface area contributed by atoms with Crippen molar-refractivity contribution in [1.82, 2.24) is 20.1 Å². The molecule has 0 aliphatic rings. The predicted molar refractivity (Wildman–Crippen MR) is 121 cm³/mol. The number of rotatable bonds is 9. The molecule has 0 aliphatic heterocycles. The van der Waals surface area contributed by atoms with Gasteiger partial charge in [-0.15, -0.1) is 21.5 Å². The van der Waals surface area contributed by atoms with Crippen LogP contribution in [0.5, 0.6) is 5.75 Å². The van der Waals surface area contributed by atoms with E-state index in [-0.39, 0.29) is 11.2 Å². The summed E-state index contributed by atoms with van der Waals surface area (Å²) in [4.78, 5) is 13.7. The van der Waals surface area contributed by atoms with E-state index in [9.17, 15) is 4.79 Å². The molecule has 0 saturated heterocycles. The Bertz CT molecular complexity index is 1120. The number of furan rings is 1. The van der Waals surface area contributed by atoms with Crippen LogP contribution in [0.1, 0.15) is 17.6 Å². The van der Waals surface area contributed by atoms with Crippen LogP contribution in [0.25, 0.3) is 11.4 Å². The molecule has 1 atom stereocenters. The zero-order valence-corrected chi connectivity index (χ0v) is 18.8. The van der Waals surface area contributed by atoms with Gasteiger partial charge in [0.05, 0.1) is 31.7 Å². The van der Waals surface area contributed by atoms with Crippen LogP contribution in [0.2, 0.25) is 0 Å². The number of methoxy groups -OCH3 is 1. The molecule has 31 heavy (non-hydrogen) atoms. The number of carbonyl (C=O) groups excluding carboxylic acids is 1. The van der Waals surface area contributed by atoms with Gasteiger partial charge in [0.1, 0.15) is 11.5 Å². The zero-order valence-electron chi connectivity index (χ0n) is 17.1. The van der Waals surface area contributed by atoms with Crippen LogP contribution in [0.15, 0.2) is 69.7 Å². The summed E-state index contributed by atoms with van der Waals surface area (Å²) in [6.07, 6.45) is 1.64. The van der Waals surface area contributed by atoms with Crippen molar-refractivity contribution in [2.45, 2.75) is 30.4 Å². The number of aromatic nitrogens is 3. The third kappa shape index (κ3) is 5.18. The largest absolute Gasteiger partial charge is 0.497 e. The number of thioether (sulfide) groups is 1. The Morgan fingerprint density at radius 1 is 1.26 bits per heavy atom. The summed E-state index contributed by atoms with van der Waals surface area (Å²) in [5.74, 6) is 2.15. The lowest BCUT2D eigenvalue weighted by Crippen LogP contribution is -2.30. The van der Waals surface area contributed by atoms with E-state index in [0.29, 0.717) is 24.1 Å². The minimum Gasteiger partial charge on any atom is -0.497 e. The molecule has 160 valence electrons. The number of thiophene rings is 1. The highest BCUT2D eigenvalue weighted by Crippen LogP contribution is 2.29. The van der Waals surface area contributed by atoms with Crippen LogP contribution in [0, 0.1) is 0 Å². The van der Waals surface area contributed by atoms with Gasteiger partial charge >= 0.3 is 0 Å². The van der Waals surface area contributed by atoms with E-state index in [4.69, 9.17) is 9.15 Å². The zero-order chi connectivity index (χ0) is 21.6. The second kappa shape index (κ2) is 9.84. The van der Waals surface area contributed by atoms with E-state index in [2.05, 4.69) is 15.5 Å². The number of nitrogens with one attached hydrogen (secondary N) is 1. The van der Waals surface area contributed by atoms with Crippen LogP contribution < -0.4 is 10.1 Å². The summed E-state index contributed by atoms with van der Waals surface area (Å²) >= 11 is 2.99. The molecule has 1 amide bonds. The van der Waals surface area contributed by atoms with E-state index < -0.39 is 0 Å². The van der Waals surface area contributed by atoms with Gasteiger partial charge in [0.2, 0.25) is 5.91 Å². The minimum absolute atomic E-state index is 0.0473. The van der Waals surface area contributed by atoms with Crippen LogP contribution in [0.3, 0.4) is 0 Å². The van der Waals surface area contributed by atoms with Crippen LogP contribution in [-0.4, -0.2) is 33.0 Å². The summed E-state index contributed by atoms with van der Waals surface area (Å²) in [5.41, 5.74) is 0.875. The van der Waals surface area contributed by atoms with Gasteiger partial charge in [-0.05, 0) is 42.6 Å². The van der Waals surface area contributed by atoms with Crippen molar-refractivity contribution in [2.24, 2.45) is 0 Å². The molecule has 0 fully saturated rings. The lowest BCUT2D eigenvalue weighted by molar-refractivity contribution is -0.120. The first-order valence-electron chi connectivity index (χ1n) is 9.71. The molecule has 9 heteroatoms. The first kappa shape index (κ1) is 21.2. The summed E-state index contributed by atoms with van der Waals surface area (Å²) < 4.78 is 12.9. The van der Waals surface area contributed by atoms with Gasteiger partial charge in [-0.2, -0.15) is 0 Å². The minimum atomic E-state index is -0.335. The van der Waals surface area contributed by atoms with Gasteiger partial charge in [-0.3, -0.25) is 9.36 Å². The average molecular weight is 455 g/mol. The molecular weight excluding hydrogens is 432 g/mol. The Hall–Kier alpha value is -3.04. The van der Waals surface area contributed by atoms with Crippen LogP contribution >= 0.6 is 23.1 Å². The summed E-state index contributed by atoms with van der Waals surface area (Å²) in [5, 5.41) is 14.1. The van der Waals surface area contributed by atoms with Crippen molar-refractivity contribution >= 4 is 29.0 Å². The van der Waals surface area contributed by atoms with Crippen molar-refractivity contribution in [3.63, 3.8) is 0 Å². The molecule has 0 radical (unpaired) electrons. The van der Waals surface area contributed by atoms with Gasteiger partial charge in [-0.1, -0.05) is 30.0 Å². The molecule has 0 aliphatic carbocycles. The summed E-state index contributed by atoms with van der Waals surface area (Å²) in [6.45, 7) is 2.85. The molecule has 3 aromatic heterocycles. The van der Waals surface area contributed by atoms with E-state index in [0.717, 1.165) is 22.0 Å². The van der Waals surface area contributed by atoms with E-state index >= 15 is 0 Å². The summed E-state index contributed by atoms with van der Waals surface area (Å²) in [6, 6.07) is 15.4. The maximum atomic E-state index is 12.6. The van der Waals surface area contributed by atoms with Gasteiger partial charge in [0, 0.05) is 10.4 Å². The SMILES string of the molecule is COc1cccc(-c2nnc(S[C@H](C)C(=O)NCc3cccs3)n2Cc2ccco2)c1. The number of nitrogens with zero attached hydrogens (tertiary/aromatic N) is 3. The first-order valence-corrected chi connectivity index (χ1v) is 11.5. The lowest BCUT2D eigenvalue weighted by Gasteiger charge is -2.13. The number of ether oxygens (including phenoxy) is 1. The number of amides is 1. The molecule has 4 aromatic rings. The van der Waals surface area contributed by atoms with E-state index in [1.807, 2.05) is 65.4 Å². The fourth-order valence-electron chi connectivity index (χ4n) is 3.00. The van der Waals surface area contributed by atoms with Gasteiger partial charge < -0.3 is 14.5 Å². The highest BCUT2D eigenvalue weighted by Gasteiger charge is 2.22. The Balaban J connectivity index is 1.56. The summed E-state index contributed by atoms with van der Waals surface area (Å²) in [7, 11) is 1.63. The Morgan fingerprint density at radius 3 is 2.90 bits per heavy atom. The maximum Gasteiger partial charge on any atom is 0.233 e. The molecule has 0 spiro atoms. The fraction of sp³-hybridized carbons (Fsp3) is 0.227. The second-order valence-corrected chi connectivity index (χ2v) is 9.10. The molecule has 0 bridgehead atoms. The van der Waals surface area contributed by atoms with Gasteiger partial charge in [0.15, 0.2) is 11.0 Å². The fourth-order valence-corrected chi connectivity index (χ4v) is 4.51. The Kier molecular flexibility index (Phi) is 6.73. The van der Waals surface area contributed by atoms with E-state index in [1.54, 1.807) is 24.7 Å². The molecule has 4 rings (SSSR count). The normalized spacial score (nSPS) is 11.9. The topological polar surface area (TPSA) is 82.2 Å². The molecule has 0 unspecified atom stereocenters. The number of hydrogen-bond acceptors (Lipinski definition) is 7. The number of benzene rings is 1. The monoisotopic (exact) mass is 454 g/mol. The van der Waals surface area contributed by atoms with Gasteiger partial charge in [-0.25, -0.2) is 0 Å². The molecular formula is C22H22N4O3S2. The van der Waals surface area contributed by atoms with Crippen molar-refractivity contribution in [3.8, 4) is 17.1 Å². The Labute approximate surface area is 188 Å². The molecule has 0 saturated carbocycles. The number of carbonyl (C=O) groups is 1. The third-order valence-electron chi connectivity index (χ3n) is 4.61. The highest BCUT2D eigenvalue weighted by atomic mass is 32.2. The Morgan fingerprint density at radius 2 is 2.16 bits per heavy atom. The van der Waals surface area contributed by atoms with E-state index in [1.165, 1.54) is 11.8 Å². The molecule has 1 aromatic carbocycles. The van der Waals surface area contributed by atoms with Gasteiger partial charge in [0.25, 0.3) is 0 Å². The molecule has 3 heterocycles. The highest BCUT2D eigenvalue weighted by molar-refractivity contribution is 8.00. The number of hydrogen-bond donors (Lipinski definition) is 1. The van der Waals surface area contributed by atoms with Crippen molar-refractivity contribution in [2.75, 3.05) is 7.11 Å². The quantitative estimate of drug-likeness (QED) is 0.376. The smallest absolute Gasteiger partial charge is 0.233 e. The molecule has 1 N–H and O–H groups in total. The van der Waals surface area contributed by atoms with Crippen molar-refractivity contribution < 1.29 is 13.9 Å². The maximum absolute atomic E-state index is 12.6. The first-order chi connectivity index (χ1) is 15.1. The predicted octanol–water partition coefficient (Wildman–Crippen LogP) is 4.45. The van der Waals surface area contributed by atoms with Crippen LogP contribution in [-0.2, 0) is 17.9 Å². The average Bonchev–Trinajstić information content (AvgIpc) is 3.56. The molecule has 7 nitrogen and oxygen atoms in total. The lowest BCUT2D eigenvalue weighted by atomic mass is 10.2. The standard InChI is InChI=1S/C22H22N4O3S2/c1-15(21(27)23-13-19-9-5-11-30-19)31-22-25-24-20(16-6-3-7-17(12-16)28-2)26(22)14-18-8-4-10-29-18/h3-12,15H,13-14H2,1-2H3,(H,23,27)/t15-/m1/s1. The second-order valence-electron chi connectivity index (χ2n) is 6.76. The third-order valence-corrected chi connectivity index (χ3v) is 6.56.